The number of halogens is 1. The number of nitrogens with zero attached hydrogens (tertiary/aromatic N) is 2. The van der Waals surface area contributed by atoms with Crippen LogP contribution >= 0.6 is 11.6 Å². The molecular weight excluding hydrogens is 414 g/mol. The minimum absolute atomic E-state index is 0.339. The van der Waals surface area contributed by atoms with Gasteiger partial charge in [-0.05, 0) is 30.3 Å². The molecule has 29 heavy (non-hydrogen) atoms. The zero-order valence-electron chi connectivity index (χ0n) is 15.8. The van der Waals surface area contributed by atoms with E-state index in [0.29, 0.717) is 50.8 Å². The van der Waals surface area contributed by atoms with Gasteiger partial charge in [-0.1, -0.05) is 17.7 Å². The maximum atomic E-state index is 13.0. The highest BCUT2D eigenvalue weighted by molar-refractivity contribution is 7.83. The van der Waals surface area contributed by atoms with E-state index in [1.54, 1.807) is 48.2 Å². The lowest BCUT2D eigenvalue weighted by Crippen LogP contribution is -2.17. The van der Waals surface area contributed by atoms with E-state index in [0.717, 1.165) is 5.56 Å². The molecule has 4 rings (SSSR count). The summed E-state index contributed by atoms with van der Waals surface area (Å²) in [5, 5.41) is 8.04. The van der Waals surface area contributed by atoms with Crippen molar-refractivity contribution in [2.24, 2.45) is 0 Å². The van der Waals surface area contributed by atoms with Gasteiger partial charge >= 0.3 is 0 Å². The number of aromatic nitrogens is 2. The van der Waals surface area contributed by atoms with E-state index in [4.69, 9.17) is 21.1 Å². The van der Waals surface area contributed by atoms with Crippen molar-refractivity contribution >= 4 is 34.1 Å². The zero-order valence-corrected chi connectivity index (χ0v) is 17.3. The Kier molecular flexibility index (Phi) is 5.29. The Morgan fingerprint density at radius 1 is 1.17 bits per heavy atom. The first-order valence-corrected chi connectivity index (χ1v) is 10.6. The van der Waals surface area contributed by atoms with Crippen molar-refractivity contribution in [3.63, 3.8) is 0 Å². The average molecular weight is 432 g/mol. The standard InChI is InChI=1S/C20H18ClN3O4S/c1-27-14-6-7-15(18(9-14)28-2)20(25)22-19-16-10-29(26)11-17(16)23-24(19)13-5-3-4-12(21)8-13/h3-9H,10-11H2,1-2H3,(H,22,25)/t29-/m0/s1. The van der Waals surface area contributed by atoms with Gasteiger partial charge in [-0.2, -0.15) is 5.10 Å². The van der Waals surface area contributed by atoms with Gasteiger partial charge in [-0.15, -0.1) is 0 Å². The maximum Gasteiger partial charge on any atom is 0.260 e. The second-order valence-electron chi connectivity index (χ2n) is 6.41. The fourth-order valence-corrected chi connectivity index (χ4v) is 4.66. The summed E-state index contributed by atoms with van der Waals surface area (Å²) in [6, 6.07) is 12.1. The van der Waals surface area contributed by atoms with Crippen molar-refractivity contribution in [3.8, 4) is 17.2 Å². The molecule has 9 heteroatoms. The van der Waals surface area contributed by atoms with Crippen molar-refractivity contribution in [3.05, 3.63) is 64.3 Å². The Labute approximate surface area is 175 Å². The number of carbonyl (C=O) groups is 1. The van der Waals surface area contributed by atoms with E-state index in [1.165, 1.54) is 7.11 Å². The molecular formula is C20H18ClN3O4S. The second kappa shape index (κ2) is 7.88. The summed E-state index contributed by atoms with van der Waals surface area (Å²) in [5.74, 6) is 1.78. The van der Waals surface area contributed by atoms with Gasteiger partial charge < -0.3 is 14.8 Å². The van der Waals surface area contributed by atoms with Crippen LogP contribution in [0.2, 0.25) is 5.02 Å². The number of ether oxygens (including phenoxy) is 2. The minimum atomic E-state index is -1.03. The van der Waals surface area contributed by atoms with E-state index < -0.39 is 10.8 Å². The normalized spacial score (nSPS) is 15.1. The monoisotopic (exact) mass is 431 g/mol. The van der Waals surface area contributed by atoms with Crippen LogP contribution in [0.25, 0.3) is 5.69 Å². The molecule has 2 heterocycles. The number of fused-ring (bicyclic) bond motifs is 1. The number of hydrogen-bond acceptors (Lipinski definition) is 5. The molecule has 150 valence electrons. The average Bonchev–Trinajstić information content (AvgIpc) is 3.24. The molecule has 1 amide bonds. The van der Waals surface area contributed by atoms with E-state index >= 15 is 0 Å². The number of amides is 1. The largest absolute Gasteiger partial charge is 0.497 e. The molecule has 1 aliphatic rings. The smallest absolute Gasteiger partial charge is 0.260 e. The zero-order chi connectivity index (χ0) is 20.5. The summed E-state index contributed by atoms with van der Waals surface area (Å²) < 4.78 is 24.2. The lowest BCUT2D eigenvalue weighted by molar-refractivity contribution is 0.102. The second-order valence-corrected chi connectivity index (χ2v) is 8.31. The maximum absolute atomic E-state index is 13.0. The van der Waals surface area contributed by atoms with Gasteiger partial charge in [0.1, 0.15) is 17.3 Å². The molecule has 2 aromatic carbocycles. The lowest BCUT2D eigenvalue weighted by Gasteiger charge is -2.13. The number of methoxy groups -OCH3 is 2. The van der Waals surface area contributed by atoms with E-state index in [9.17, 15) is 9.00 Å². The van der Waals surface area contributed by atoms with E-state index in [-0.39, 0.29) is 5.91 Å². The summed E-state index contributed by atoms with van der Waals surface area (Å²) >= 11 is 6.13. The SMILES string of the molecule is COc1ccc(C(=O)Nc2c3c(nn2-c2cccc(Cl)c2)C[S@@](=O)C3)c(OC)c1. The van der Waals surface area contributed by atoms with Crippen LogP contribution in [-0.4, -0.2) is 34.1 Å². The molecule has 1 aliphatic heterocycles. The molecule has 1 aromatic heterocycles. The third-order valence-corrected chi connectivity index (χ3v) is 6.05. The topological polar surface area (TPSA) is 82.5 Å². The summed E-state index contributed by atoms with van der Waals surface area (Å²) in [6.45, 7) is 0. The van der Waals surface area contributed by atoms with Crippen molar-refractivity contribution in [2.45, 2.75) is 11.5 Å². The van der Waals surface area contributed by atoms with Crippen LogP contribution in [0.15, 0.2) is 42.5 Å². The Morgan fingerprint density at radius 3 is 2.72 bits per heavy atom. The van der Waals surface area contributed by atoms with Gasteiger partial charge in [0.05, 0.1) is 42.7 Å². The van der Waals surface area contributed by atoms with Gasteiger partial charge in [-0.25, -0.2) is 4.68 Å². The summed E-state index contributed by atoms with van der Waals surface area (Å²) in [5.41, 5.74) is 2.53. The number of hydrogen-bond donors (Lipinski definition) is 1. The first-order chi connectivity index (χ1) is 14.0. The molecule has 0 radical (unpaired) electrons. The van der Waals surface area contributed by atoms with Gasteiger partial charge in [0, 0.05) is 27.5 Å². The molecule has 7 nitrogen and oxygen atoms in total. The Balaban J connectivity index is 1.75. The van der Waals surface area contributed by atoms with Crippen molar-refractivity contribution < 1.29 is 18.5 Å². The first kappa shape index (κ1) is 19.5. The van der Waals surface area contributed by atoms with Gasteiger partial charge in [-0.3, -0.25) is 9.00 Å². The first-order valence-electron chi connectivity index (χ1n) is 8.75. The Hall–Kier alpha value is -2.84. The molecule has 0 spiro atoms. The predicted octanol–water partition coefficient (Wildman–Crippen LogP) is 3.56. The fourth-order valence-electron chi connectivity index (χ4n) is 3.21. The number of rotatable bonds is 5. The minimum Gasteiger partial charge on any atom is -0.497 e. The molecule has 0 aliphatic carbocycles. The van der Waals surface area contributed by atoms with Crippen LogP contribution in [0, 0.1) is 0 Å². The Bertz CT molecular complexity index is 1130. The van der Waals surface area contributed by atoms with E-state index in [2.05, 4.69) is 10.4 Å². The van der Waals surface area contributed by atoms with Crippen LogP contribution in [0.1, 0.15) is 21.6 Å². The van der Waals surface area contributed by atoms with Crippen LogP contribution in [0.4, 0.5) is 5.82 Å². The van der Waals surface area contributed by atoms with Crippen LogP contribution < -0.4 is 14.8 Å². The highest BCUT2D eigenvalue weighted by atomic mass is 35.5. The number of benzene rings is 2. The lowest BCUT2D eigenvalue weighted by atomic mass is 10.1. The van der Waals surface area contributed by atoms with Gasteiger partial charge in [0.25, 0.3) is 5.91 Å². The Morgan fingerprint density at radius 2 is 2.00 bits per heavy atom. The number of nitrogens with one attached hydrogen (secondary N) is 1. The van der Waals surface area contributed by atoms with Crippen molar-refractivity contribution in [2.75, 3.05) is 19.5 Å². The van der Waals surface area contributed by atoms with Gasteiger partial charge in [0.15, 0.2) is 0 Å². The summed E-state index contributed by atoms with van der Waals surface area (Å²) in [7, 11) is 2.00. The quantitative estimate of drug-likeness (QED) is 0.668. The highest BCUT2D eigenvalue weighted by Crippen LogP contribution is 2.33. The molecule has 0 fully saturated rings. The third kappa shape index (κ3) is 3.73. The molecule has 0 saturated heterocycles. The number of anilines is 1. The molecule has 0 unspecified atom stereocenters. The fraction of sp³-hybridized carbons (Fsp3) is 0.200. The van der Waals surface area contributed by atoms with Crippen LogP contribution in [0.5, 0.6) is 11.5 Å². The van der Waals surface area contributed by atoms with Crippen LogP contribution in [-0.2, 0) is 22.3 Å². The van der Waals surface area contributed by atoms with E-state index in [1.807, 2.05) is 6.07 Å². The molecule has 1 N–H and O–H groups in total. The molecule has 1 atom stereocenters. The molecule has 3 aromatic rings. The molecule has 0 bridgehead atoms. The van der Waals surface area contributed by atoms with Gasteiger partial charge in [0.2, 0.25) is 0 Å². The van der Waals surface area contributed by atoms with Crippen molar-refractivity contribution in [1.82, 2.24) is 9.78 Å². The third-order valence-electron chi connectivity index (χ3n) is 4.61. The highest BCUT2D eigenvalue weighted by Gasteiger charge is 2.29. The molecule has 0 saturated carbocycles. The van der Waals surface area contributed by atoms with Crippen LogP contribution in [0.3, 0.4) is 0 Å². The summed E-state index contributed by atoms with van der Waals surface area (Å²) in [4.78, 5) is 13.0. The van der Waals surface area contributed by atoms with Crippen molar-refractivity contribution in [1.29, 1.82) is 0 Å². The summed E-state index contributed by atoms with van der Waals surface area (Å²) in [6.07, 6.45) is 0. The predicted molar refractivity (Wildman–Crippen MR) is 112 cm³/mol. The number of carbonyl (C=O) groups excluding carboxylic acids is 1.